The van der Waals surface area contributed by atoms with Gasteiger partial charge in [-0.25, -0.2) is 4.39 Å². The highest BCUT2D eigenvalue weighted by Crippen LogP contribution is 2.27. The minimum absolute atomic E-state index is 0.0822. The molecule has 2 heterocycles. The SMILES string of the molecule is Fc1ccc(NC(=S)NCC(c2cccs2)N2CCCCCC2)cc1Cl. The van der Waals surface area contributed by atoms with Crippen LogP contribution in [0.3, 0.4) is 0 Å². The van der Waals surface area contributed by atoms with E-state index >= 15 is 0 Å². The molecule has 1 atom stereocenters. The third kappa shape index (κ3) is 5.39. The third-order valence-electron chi connectivity index (χ3n) is 4.59. The van der Waals surface area contributed by atoms with E-state index in [1.807, 2.05) is 0 Å². The standard InChI is InChI=1S/C19H23ClFN3S2/c20-15-12-14(7-8-16(15)21)23-19(25)22-13-17(18-6-5-11-26-18)24-9-3-1-2-4-10-24/h5-8,11-12,17H,1-4,9-10,13H2,(H2,22,23,25). The van der Waals surface area contributed by atoms with E-state index in [1.54, 1.807) is 17.4 Å². The number of anilines is 1. The van der Waals surface area contributed by atoms with Crippen molar-refractivity contribution in [2.75, 3.05) is 25.0 Å². The maximum atomic E-state index is 13.3. The number of nitrogens with one attached hydrogen (secondary N) is 2. The largest absolute Gasteiger partial charge is 0.360 e. The Labute approximate surface area is 168 Å². The molecule has 2 aromatic rings. The molecule has 140 valence electrons. The minimum Gasteiger partial charge on any atom is -0.360 e. The molecule has 2 N–H and O–H groups in total. The highest BCUT2D eigenvalue weighted by atomic mass is 35.5. The summed E-state index contributed by atoms with van der Waals surface area (Å²) in [5.74, 6) is -0.435. The topological polar surface area (TPSA) is 27.3 Å². The molecule has 1 aromatic carbocycles. The molecule has 1 aliphatic rings. The molecule has 0 radical (unpaired) electrons. The lowest BCUT2D eigenvalue weighted by Crippen LogP contribution is -2.39. The van der Waals surface area contributed by atoms with Crippen LogP contribution in [-0.4, -0.2) is 29.6 Å². The number of hydrogen-bond donors (Lipinski definition) is 2. The molecule has 1 saturated heterocycles. The Balaban J connectivity index is 1.61. The number of likely N-dealkylation sites (tertiary alicyclic amines) is 1. The van der Waals surface area contributed by atoms with Gasteiger partial charge in [0.15, 0.2) is 5.11 Å². The first-order chi connectivity index (χ1) is 12.6. The monoisotopic (exact) mass is 411 g/mol. The van der Waals surface area contributed by atoms with Gasteiger partial charge in [-0.1, -0.05) is 30.5 Å². The molecular weight excluding hydrogens is 389 g/mol. The van der Waals surface area contributed by atoms with E-state index in [0.717, 1.165) is 19.6 Å². The van der Waals surface area contributed by atoms with Crippen molar-refractivity contribution in [1.82, 2.24) is 10.2 Å². The predicted octanol–water partition coefficient (Wildman–Crippen LogP) is 5.44. The van der Waals surface area contributed by atoms with Crippen molar-refractivity contribution < 1.29 is 4.39 Å². The predicted molar refractivity (Wildman–Crippen MR) is 113 cm³/mol. The first-order valence-corrected chi connectivity index (χ1v) is 10.6. The zero-order chi connectivity index (χ0) is 18.4. The molecule has 0 spiro atoms. The highest BCUT2D eigenvalue weighted by molar-refractivity contribution is 7.80. The summed E-state index contributed by atoms with van der Waals surface area (Å²) < 4.78 is 13.3. The van der Waals surface area contributed by atoms with Crippen molar-refractivity contribution in [2.24, 2.45) is 0 Å². The first-order valence-electron chi connectivity index (χ1n) is 8.91. The van der Waals surface area contributed by atoms with Crippen molar-refractivity contribution in [2.45, 2.75) is 31.7 Å². The average molecular weight is 412 g/mol. The van der Waals surface area contributed by atoms with E-state index in [0.29, 0.717) is 16.8 Å². The molecule has 1 fully saturated rings. The third-order valence-corrected chi connectivity index (χ3v) is 6.10. The fraction of sp³-hybridized carbons (Fsp3) is 0.421. The van der Waals surface area contributed by atoms with Gasteiger partial charge < -0.3 is 10.6 Å². The number of benzene rings is 1. The van der Waals surface area contributed by atoms with Gasteiger partial charge in [0.05, 0.1) is 11.1 Å². The fourth-order valence-corrected chi connectivity index (χ4v) is 4.48. The van der Waals surface area contributed by atoms with Crippen molar-refractivity contribution in [3.05, 3.63) is 51.4 Å². The lowest BCUT2D eigenvalue weighted by Gasteiger charge is -2.30. The smallest absolute Gasteiger partial charge is 0.170 e. The van der Waals surface area contributed by atoms with Crippen LogP contribution >= 0.6 is 35.2 Å². The Morgan fingerprint density at radius 3 is 2.65 bits per heavy atom. The molecule has 0 amide bonds. The summed E-state index contributed by atoms with van der Waals surface area (Å²) in [5, 5.41) is 9.12. The summed E-state index contributed by atoms with van der Waals surface area (Å²) in [6, 6.07) is 9.10. The Morgan fingerprint density at radius 2 is 2.00 bits per heavy atom. The van der Waals surface area contributed by atoms with E-state index in [1.165, 1.54) is 42.7 Å². The van der Waals surface area contributed by atoms with Gasteiger partial charge in [-0.15, -0.1) is 11.3 Å². The van der Waals surface area contributed by atoms with Gasteiger partial charge >= 0.3 is 0 Å². The maximum Gasteiger partial charge on any atom is 0.170 e. The summed E-state index contributed by atoms with van der Waals surface area (Å²) in [6.45, 7) is 2.98. The molecule has 1 aromatic heterocycles. The average Bonchev–Trinajstić information content (AvgIpc) is 3.01. The van der Waals surface area contributed by atoms with E-state index in [-0.39, 0.29) is 5.02 Å². The number of thiocarbonyl (C=S) groups is 1. The number of hydrogen-bond acceptors (Lipinski definition) is 3. The number of rotatable bonds is 5. The zero-order valence-corrected chi connectivity index (χ0v) is 16.9. The van der Waals surface area contributed by atoms with Gasteiger partial charge in [-0.3, -0.25) is 4.90 Å². The quantitative estimate of drug-likeness (QED) is 0.640. The van der Waals surface area contributed by atoms with Gasteiger partial charge in [-0.05, 0) is 67.8 Å². The Hall–Kier alpha value is -1.21. The molecule has 1 aliphatic heterocycles. The molecule has 1 unspecified atom stereocenters. The normalized spacial score (nSPS) is 16.7. The first kappa shape index (κ1) is 19.5. The summed E-state index contributed by atoms with van der Waals surface area (Å²) in [7, 11) is 0. The van der Waals surface area contributed by atoms with Crippen LogP contribution in [0, 0.1) is 5.82 Å². The van der Waals surface area contributed by atoms with Crippen molar-refractivity contribution in [3.8, 4) is 0 Å². The second-order valence-corrected chi connectivity index (χ2v) is 8.24. The molecular formula is C19H23ClFN3S2. The lowest BCUT2D eigenvalue weighted by molar-refractivity contribution is 0.208. The molecule has 3 rings (SSSR count). The van der Waals surface area contributed by atoms with Crippen LogP contribution in [-0.2, 0) is 0 Å². The lowest BCUT2D eigenvalue weighted by atomic mass is 10.2. The second-order valence-electron chi connectivity index (χ2n) is 6.45. The van der Waals surface area contributed by atoms with Crippen LogP contribution in [0.4, 0.5) is 10.1 Å². The summed E-state index contributed by atoms with van der Waals surface area (Å²) >= 11 is 13.0. The van der Waals surface area contributed by atoms with Crippen LogP contribution in [0.2, 0.25) is 5.02 Å². The molecule has 0 bridgehead atoms. The number of thiophene rings is 1. The summed E-state index contributed by atoms with van der Waals surface area (Å²) in [6.07, 6.45) is 5.12. The van der Waals surface area contributed by atoms with Gasteiger partial charge in [0.25, 0.3) is 0 Å². The Kier molecular flexibility index (Phi) is 7.25. The van der Waals surface area contributed by atoms with Crippen LogP contribution in [0.5, 0.6) is 0 Å². The van der Waals surface area contributed by atoms with Crippen LogP contribution in [0.1, 0.15) is 36.6 Å². The molecule has 7 heteroatoms. The molecule has 26 heavy (non-hydrogen) atoms. The van der Waals surface area contributed by atoms with Gasteiger partial charge in [0.1, 0.15) is 5.82 Å². The summed E-state index contributed by atoms with van der Waals surface area (Å²) in [4.78, 5) is 3.91. The van der Waals surface area contributed by atoms with E-state index in [9.17, 15) is 4.39 Å². The number of halogens is 2. The van der Waals surface area contributed by atoms with Crippen molar-refractivity contribution in [3.63, 3.8) is 0 Å². The van der Waals surface area contributed by atoms with Gasteiger partial charge in [0, 0.05) is 17.1 Å². The Bertz CT molecular complexity index is 716. The molecule has 0 saturated carbocycles. The van der Waals surface area contributed by atoms with E-state index in [2.05, 4.69) is 33.0 Å². The van der Waals surface area contributed by atoms with Gasteiger partial charge in [0.2, 0.25) is 0 Å². The van der Waals surface area contributed by atoms with Crippen LogP contribution in [0.25, 0.3) is 0 Å². The molecule has 3 nitrogen and oxygen atoms in total. The number of nitrogens with zero attached hydrogens (tertiary/aromatic N) is 1. The van der Waals surface area contributed by atoms with Crippen LogP contribution in [0.15, 0.2) is 35.7 Å². The minimum atomic E-state index is -0.435. The fourth-order valence-electron chi connectivity index (χ4n) is 3.24. The van der Waals surface area contributed by atoms with Crippen molar-refractivity contribution in [1.29, 1.82) is 0 Å². The van der Waals surface area contributed by atoms with E-state index in [4.69, 9.17) is 23.8 Å². The van der Waals surface area contributed by atoms with E-state index < -0.39 is 5.82 Å². The molecule has 0 aliphatic carbocycles. The zero-order valence-electron chi connectivity index (χ0n) is 14.5. The maximum absolute atomic E-state index is 13.3. The Morgan fingerprint density at radius 1 is 1.23 bits per heavy atom. The summed E-state index contributed by atoms with van der Waals surface area (Å²) in [5.41, 5.74) is 0.677. The second kappa shape index (κ2) is 9.65. The highest BCUT2D eigenvalue weighted by Gasteiger charge is 2.22. The van der Waals surface area contributed by atoms with Crippen molar-refractivity contribution >= 4 is 46.0 Å². The van der Waals surface area contributed by atoms with Crippen LogP contribution < -0.4 is 10.6 Å². The van der Waals surface area contributed by atoms with Gasteiger partial charge in [-0.2, -0.15) is 0 Å².